The molecule has 0 spiro atoms. The molecule has 7 rings (SSSR count). The van der Waals surface area contributed by atoms with Crippen LogP contribution in [0.25, 0.3) is 0 Å². The van der Waals surface area contributed by atoms with Gasteiger partial charge in [-0.15, -0.1) is 0 Å². The van der Waals surface area contributed by atoms with Crippen LogP contribution >= 0.6 is 0 Å². The van der Waals surface area contributed by atoms with Gasteiger partial charge in [-0.3, -0.25) is 4.18 Å². The van der Waals surface area contributed by atoms with Crippen molar-refractivity contribution in [3.05, 3.63) is 173 Å². The molecule has 2 aliphatic heterocycles. The van der Waals surface area contributed by atoms with E-state index in [-0.39, 0.29) is 18.1 Å². The third-order valence-corrected chi connectivity index (χ3v) is 10.6. The second-order valence-electron chi connectivity index (χ2n) is 13.3. The smallest absolute Gasteiger partial charge is 0.297 e. The third kappa shape index (κ3) is 7.56. The maximum Gasteiger partial charge on any atom is 0.297 e. The van der Waals surface area contributed by atoms with Crippen molar-refractivity contribution in [2.45, 2.75) is 74.4 Å². The van der Waals surface area contributed by atoms with E-state index in [1.54, 1.807) is 12.1 Å². The molecule has 2 heterocycles. The molecule has 2 aliphatic rings. The topological polar surface area (TPSA) is 89.5 Å². The van der Waals surface area contributed by atoms with Crippen LogP contribution in [0.3, 0.4) is 0 Å². The lowest BCUT2D eigenvalue weighted by Gasteiger charge is -2.38. The summed E-state index contributed by atoms with van der Waals surface area (Å²) in [5.74, 6) is -0.932. The molecular weight excluding hydrogens is 665 g/mol. The minimum absolute atomic E-state index is 0.0205. The molecule has 5 aromatic rings. The molecule has 0 aromatic heterocycles. The van der Waals surface area contributed by atoms with E-state index >= 15 is 0 Å². The molecule has 2 saturated heterocycles. The summed E-state index contributed by atoms with van der Waals surface area (Å²) in [6, 6.07) is 45.9. The van der Waals surface area contributed by atoms with Gasteiger partial charge in [-0.25, -0.2) is 0 Å². The van der Waals surface area contributed by atoms with Gasteiger partial charge in [0.05, 0.1) is 18.1 Å². The molecule has 5 aromatic carbocycles. The van der Waals surface area contributed by atoms with Gasteiger partial charge in [0, 0.05) is 0 Å². The molecule has 0 aliphatic carbocycles. The molecule has 5 atom stereocenters. The molecule has 9 heteroatoms. The first kappa shape index (κ1) is 35.2. The van der Waals surface area contributed by atoms with Gasteiger partial charge in [-0.05, 0) is 55.2 Å². The number of hydrogen-bond acceptors (Lipinski definition) is 8. The molecule has 0 bridgehead atoms. The van der Waals surface area contributed by atoms with Crippen molar-refractivity contribution in [2.75, 3.05) is 6.61 Å². The lowest BCUT2D eigenvalue weighted by atomic mass is 9.80. The first-order valence-corrected chi connectivity index (χ1v) is 18.5. The Morgan fingerprint density at radius 3 is 1.75 bits per heavy atom. The van der Waals surface area contributed by atoms with Crippen molar-refractivity contribution in [2.24, 2.45) is 0 Å². The van der Waals surface area contributed by atoms with Gasteiger partial charge in [-0.2, -0.15) is 8.42 Å². The SMILES string of the molecule is Cc1ccc(S(=O)(=O)O[C@H](COC(c2ccccc2)(c2ccccc2)c2ccccc2)[C@H]2O[C@@H]3OC(C)(C)O[C@@H]3[C@@H]2OCc2ccccc2)cc1. The number of rotatable bonds is 13. The van der Waals surface area contributed by atoms with Gasteiger partial charge in [0.2, 0.25) is 0 Å². The average molecular weight is 707 g/mol. The number of fused-ring (bicyclic) bond motifs is 1. The van der Waals surface area contributed by atoms with Crippen LogP contribution in [-0.2, 0) is 50.2 Å². The fourth-order valence-electron chi connectivity index (χ4n) is 6.84. The predicted octanol–water partition coefficient (Wildman–Crippen LogP) is 7.54. The standard InChI is InChI=1S/C42H42O8S/c1-30-24-26-35(27-25-30)51(43,44)50-36(37-38(45-28-31-16-8-4-9-17-31)39-40(47-37)49-41(2,3)48-39)29-46-42(32-18-10-5-11-19-32,33-20-12-6-13-21-33)34-22-14-7-15-23-34/h4-27,36-40H,28-29H2,1-3H3/t36-,37-,38-,39-,40-/m1/s1. The molecule has 0 saturated carbocycles. The van der Waals surface area contributed by atoms with E-state index < -0.39 is 52.2 Å². The van der Waals surface area contributed by atoms with Crippen molar-refractivity contribution in [3.8, 4) is 0 Å². The largest absolute Gasteiger partial charge is 0.368 e. The maximum atomic E-state index is 14.0. The highest BCUT2D eigenvalue weighted by molar-refractivity contribution is 7.86. The quantitative estimate of drug-likeness (QED) is 0.0917. The number of aryl methyl sites for hydroxylation is 1. The molecule has 2 fully saturated rings. The zero-order valence-electron chi connectivity index (χ0n) is 28.8. The number of ether oxygens (including phenoxy) is 5. The minimum atomic E-state index is -4.31. The zero-order valence-corrected chi connectivity index (χ0v) is 29.6. The van der Waals surface area contributed by atoms with Crippen LogP contribution in [0.15, 0.2) is 150 Å². The minimum Gasteiger partial charge on any atom is -0.368 e. The van der Waals surface area contributed by atoms with Crippen LogP contribution in [0, 0.1) is 6.92 Å². The van der Waals surface area contributed by atoms with Crippen LogP contribution in [0.4, 0.5) is 0 Å². The molecule has 8 nitrogen and oxygen atoms in total. The fourth-order valence-corrected chi connectivity index (χ4v) is 7.91. The Bertz CT molecular complexity index is 1870. The molecular formula is C42H42O8S. The number of benzene rings is 5. The van der Waals surface area contributed by atoms with Crippen LogP contribution in [0.2, 0.25) is 0 Å². The first-order valence-electron chi connectivity index (χ1n) is 17.1. The summed E-state index contributed by atoms with van der Waals surface area (Å²) in [6.45, 7) is 5.54. The van der Waals surface area contributed by atoms with E-state index in [2.05, 4.69) is 0 Å². The molecule has 0 amide bonds. The van der Waals surface area contributed by atoms with Crippen molar-refractivity contribution in [1.29, 1.82) is 0 Å². The molecule has 0 radical (unpaired) electrons. The summed E-state index contributed by atoms with van der Waals surface area (Å²) in [4.78, 5) is 0.0205. The van der Waals surface area contributed by atoms with Gasteiger partial charge in [0.1, 0.15) is 30.0 Å². The van der Waals surface area contributed by atoms with Gasteiger partial charge in [0.15, 0.2) is 12.1 Å². The Labute approximate surface area is 300 Å². The van der Waals surface area contributed by atoms with Crippen LogP contribution in [-0.4, -0.2) is 51.5 Å². The third-order valence-electron chi connectivity index (χ3n) is 9.24. The van der Waals surface area contributed by atoms with E-state index in [0.717, 1.165) is 27.8 Å². The Balaban J connectivity index is 1.31. The summed E-state index contributed by atoms with van der Waals surface area (Å²) in [5.41, 5.74) is 3.29. The second-order valence-corrected chi connectivity index (χ2v) is 14.9. The summed E-state index contributed by atoms with van der Waals surface area (Å²) in [6.07, 6.45) is -4.38. The Kier molecular flexibility index (Phi) is 10.2. The van der Waals surface area contributed by atoms with E-state index in [1.807, 2.05) is 142 Å². The van der Waals surface area contributed by atoms with E-state index in [4.69, 9.17) is 27.9 Å². The molecule has 264 valence electrons. The lowest BCUT2D eigenvalue weighted by molar-refractivity contribution is -0.232. The van der Waals surface area contributed by atoms with Crippen molar-refractivity contribution < 1.29 is 36.3 Å². The van der Waals surface area contributed by atoms with Crippen molar-refractivity contribution in [3.63, 3.8) is 0 Å². The normalized spacial score (nSPS) is 22.0. The van der Waals surface area contributed by atoms with Gasteiger partial charge in [0.25, 0.3) is 10.1 Å². The van der Waals surface area contributed by atoms with E-state index in [1.165, 1.54) is 12.1 Å². The first-order chi connectivity index (χ1) is 24.6. The van der Waals surface area contributed by atoms with Gasteiger partial charge >= 0.3 is 0 Å². The Morgan fingerprint density at radius 1 is 0.706 bits per heavy atom. The number of hydrogen-bond donors (Lipinski definition) is 0. The maximum absolute atomic E-state index is 14.0. The summed E-state index contributed by atoms with van der Waals surface area (Å²) >= 11 is 0. The zero-order chi connectivity index (χ0) is 35.5. The van der Waals surface area contributed by atoms with Crippen molar-refractivity contribution >= 4 is 10.1 Å². The highest BCUT2D eigenvalue weighted by Gasteiger charge is 2.58. The average Bonchev–Trinajstić information content (AvgIpc) is 3.63. The monoisotopic (exact) mass is 706 g/mol. The second kappa shape index (κ2) is 14.8. The predicted molar refractivity (Wildman–Crippen MR) is 192 cm³/mol. The molecule has 51 heavy (non-hydrogen) atoms. The summed E-state index contributed by atoms with van der Waals surface area (Å²) in [5, 5.41) is 0. The lowest BCUT2D eigenvalue weighted by Crippen LogP contribution is -2.48. The van der Waals surface area contributed by atoms with Crippen LogP contribution in [0.5, 0.6) is 0 Å². The van der Waals surface area contributed by atoms with Crippen LogP contribution in [0.1, 0.15) is 41.7 Å². The van der Waals surface area contributed by atoms with E-state index in [9.17, 15) is 8.42 Å². The van der Waals surface area contributed by atoms with Gasteiger partial charge in [-0.1, -0.05) is 139 Å². The summed E-state index contributed by atoms with van der Waals surface area (Å²) in [7, 11) is -4.31. The molecule has 0 N–H and O–H groups in total. The highest BCUT2D eigenvalue weighted by Crippen LogP contribution is 2.44. The Hall–Kier alpha value is -4.19. The fraction of sp³-hybridized carbons (Fsp3) is 0.286. The highest BCUT2D eigenvalue weighted by atomic mass is 32.2. The Morgan fingerprint density at radius 2 is 1.22 bits per heavy atom. The van der Waals surface area contributed by atoms with Gasteiger partial charge < -0.3 is 23.7 Å². The molecule has 0 unspecified atom stereocenters. The van der Waals surface area contributed by atoms with Crippen molar-refractivity contribution in [1.82, 2.24) is 0 Å². The summed E-state index contributed by atoms with van der Waals surface area (Å²) < 4.78 is 66.9. The van der Waals surface area contributed by atoms with E-state index in [0.29, 0.717) is 0 Å². The van der Waals surface area contributed by atoms with Crippen LogP contribution < -0.4 is 0 Å².